The zero-order valence-electron chi connectivity index (χ0n) is 20.6. The molecule has 3 aromatic carbocycles. The molecule has 38 heavy (non-hydrogen) atoms. The van der Waals surface area contributed by atoms with Crippen molar-refractivity contribution in [2.45, 2.75) is 19.1 Å². The normalized spacial score (nSPS) is 17.0. The fourth-order valence-corrected chi connectivity index (χ4v) is 4.70. The zero-order valence-corrected chi connectivity index (χ0v) is 21.3. The van der Waals surface area contributed by atoms with Gasteiger partial charge < -0.3 is 24.6 Å². The van der Waals surface area contributed by atoms with Crippen LogP contribution in [-0.4, -0.2) is 54.5 Å². The van der Waals surface area contributed by atoms with Gasteiger partial charge in [0.25, 0.3) is 0 Å². The number of amides is 2. The number of nitrogens with zero attached hydrogens (tertiary/aromatic N) is 3. The molecule has 1 fully saturated rings. The van der Waals surface area contributed by atoms with E-state index < -0.39 is 11.7 Å². The summed E-state index contributed by atoms with van der Waals surface area (Å²) in [6, 6.07) is 14.8. The first-order valence-electron chi connectivity index (χ1n) is 11.9. The Morgan fingerprint density at radius 2 is 1.89 bits per heavy atom. The number of hydrogen-bond donors (Lipinski definition) is 1. The number of benzene rings is 3. The van der Waals surface area contributed by atoms with Gasteiger partial charge in [0.1, 0.15) is 23.0 Å². The van der Waals surface area contributed by atoms with Crippen LogP contribution in [0.4, 0.5) is 29.3 Å². The Hall–Kier alpha value is -3.92. The molecule has 1 atom stereocenters. The van der Waals surface area contributed by atoms with E-state index in [-0.39, 0.29) is 23.5 Å². The molecule has 1 N–H and O–H groups in total. The summed E-state index contributed by atoms with van der Waals surface area (Å²) in [4.78, 5) is 21.3. The summed E-state index contributed by atoms with van der Waals surface area (Å²) in [6.45, 7) is 3.06. The summed E-state index contributed by atoms with van der Waals surface area (Å²) >= 11 is 6.03. The van der Waals surface area contributed by atoms with Gasteiger partial charge in [-0.2, -0.15) is 13.2 Å². The van der Waals surface area contributed by atoms with Gasteiger partial charge in [-0.1, -0.05) is 17.7 Å². The number of nitrogens with one attached hydrogen (secondary N) is 1. The fourth-order valence-electron chi connectivity index (χ4n) is 4.51. The number of carbonyl (C=O) groups is 1. The zero-order chi connectivity index (χ0) is 27.0. The van der Waals surface area contributed by atoms with Gasteiger partial charge in [0.15, 0.2) is 5.75 Å². The number of ether oxygens (including phenoxy) is 2. The molecular weight excluding hydrogens is 521 g/mol. The van der Waals surface area contributed by atoms with E-state index in [4.69, 9.17) is 21.1 Å². The second-order valence-corrected chi connectivity index (χ2v) is 9.45. The molecule has 0 aliphatic carbocycles. The summed E-state index contributed by atoms with van der Waals surface area (Å²) in [5.41, 5.74) is 0.416. The number of methoxy groups -OCH3 is 1. The second-order valence-electron chi connectivity index (χ2n) is 9.01. The number of aliphatic imine (C=N–C) groups is 1. The predicted molar refractivity (Wildman–Crippen MR) is 139 cm³/mol. The molecule has 0 spiro atoms. The fraction of sp³-hybridized carbons (Fsp3) is 0.259. The highest BCUT2D eigenvalue weighted by Gasteiger charge is 2.34. The lowest BCUT2D eigenvalue weighted by molar-refractivity contribution is -0.137. The third-order valence-corrected chi connectivity index (χ3v) is 6.66. The van der Waals surface area contributed by atoms with Crippen molar-refractivity contribution in [1.29, 1.82) is 0 Å². The van der Waals surface area contributed by atoms with Gasteiger partial charge in [0.2, 0.25) is 0 Å². The smallest absolute Gasteiger partial charge is 0.416 e. The van der Waals surface area contributed by atoms with E-state index in [2.05, 4.69) is 10.3 Å². The highest BCUT2D eigenvalue weighted by molar-refractivity contribution is 6.30. The van der Waals surface area contributed by atoms with E-state index in [0.717, 1.165) is 12.1 Å². The van der Waals surface area contributed by atoms with Crippen molar-refractivity contribution < 1.29 is 27.4 Å². The maximum Gasteiger partial charge on any atom is 0.416 e. The molecule has 2 heterocycles. The molecule has 2 aliphatic rings. The Balaban J connectivity index is 1.46. The molecule has 1 saturated heterocycles. The topological polar surface area (TPSA) is 66.4 Å². The highest BCUT2D eigenvalue weighted by Crippen LogP contribution is 2.42. The maximum atomic E-state index is 13.5. The van der Waals surface area contributed by atoms with Crippen LogP contribution in [0.15, 0.2) is 65.7 Å². The van der Waals surface area contributed by atoms with Crippen molar-refractivity contribution in [3.05, 3.63) is 76.8 Å². The first kappa shape index (κ1) is 25.7. The Morgan fingerprint density at radius 3 is 2.61 bits per heavy atom. The quantitative estimate of drug-likeness (QED) is 0.386. The molecule has 7 nitrogen and oxygen atoms in total. The van der Waals surface area contributed by atoms with E-state index in [1.54, 1.807) is 47.4 Å². The van der Waals surface area contributed by atoms with Crippen LogP contribution in [0.1, 0.15) is 18.1 Å². The highest BCUT2D eigenvalue weighted by atomic mass is 35.5. The summed E-state index contributed by atoms with van der Waals surface area (Å²) in [5.74, 6) is 1.65. The summed E-state index contributed by atoms with van der Waals surface area (Å²) in [6.07, 6.45) is -4.52. The summed E-state index contributed by atoms with van der Waals surface area (Å²) in [7, 11) is 1.53. The summed E-state index contributed by atoms with van der Waals surface area (Å²) < 4.78 is 51.8. The van der Waals surface area contributed by atoms with Gasteiger partial charge in [-0.05, 0) is 61.5 Å². The Kier molecular flexibility index (Phi) is 6.83. The van der Waals surface area contributed by atoms with E-state index in [0.29, 0.717) is 53.2 Å². The van der Waals surface area contributed by atoms with Gasteiger partial charge in [-0.15, -0.1) is 0 Å². The number of fused-ring (bicyclic) bond motifs is 2. The molecule has 11 heteroatoms. The SMILES string of the molecule is COc1ccc2c(c1)C(N1CCN(C(=O)Nc3cccc(Cl)c3)C(C)C1)=Nc1cc(C(F)(F)F)ccc1O2. The van der Waals surface area contributed by atoms with Crippen LogP contribution >= 0.6 is 11.6 Å². The minimum Gasteiger partial charge on any atom is -0.497 e. The molecule has 0 bridgehead atoms. The standard InChI is InChI=1S/C27H24ClF3N4O3/c1-16-15-34(10-11-35(16)26(36)32-19-5-3-4-18(28)13-19)25-21-14-20(37-2)7-9-23(21)38-24-8-6-17(27(29,30)31)12-22(24)33-25/h3-9,12-14,16H,10-11,15H2,1-2H3,(H,32,36). The van der Waals surface area contributed by atoms with Gasteiger partial charge in [-0.3, -0.25) is 0 Å². The van der Waals surface area contributed by atoms with E-state index >= 15 is 0 Å². The largest absolute Gasteiger partial charge is 0.497 e. The van der Waals surface area contributed by atoms with Crippen molar-refractivity contribution >= 4 is 34.8 Å². The Bertz CT molecular complexity index is 1410. The molecule has 2 aliphatic heterocycles. The van der Waals surface area contributed by atoms with Crippen LogP contribution in [0.5, 0.6) is 17.2 Å². The Morgan fingerprint density at radius 1 is 1.11 bits per heavy atom. The number of alkyl halides is 3. The minimum atomic E-state index is -4.52. The van der Waals surface area contributed by atoms with E-state index in [9.17, 15) is 18.0 Å². The van der Waals surface area contributed by atoms with Crippen LogP contribution < -0.4 is 14.8 Å². The lowest BCUT2D eigenvalue weighted by atomic mass is 10.1. The molecule has 0 aromatic heterocycles. The number of urea groups is 1. The lowest BCUT2D eigenvalue weighted by Gasteiger charge is -2.41. The molecule has 0 saturated carbocycles. The molecular formula is C27H24ClF3N4O3. The third kappa shape index (κ3) is 5.22. The average Bonchev–Trinajstić information content (AvgIpc) is 3.03. The molecule has 5 rings (SSSR count). The molecule has 198 valence electrons. The summed E-state index contributed by atoms with van der Waals surface area (Å²) in [5, 5.41) is 3.37. The monoisotopic (exact) mass is 544 g/mol. The maximum absolute atomic E-state index is 13.5. The van der Waals surface area contributed by atoms with Crippen LogP contribution in [0.3, 0.4) is 0 Å². The Labute approximate surface area is 222 Å². The number of carbonyl (C=O) groups excluding carboxylic acids is 1. The van der Waals surface area contributed by atoms with Crippen molar-refractivity contribution in [3.8, 4) is 17.2 Å². The first-order valence-corrected chi connectivity index (χ1v) is 12.2. The van der Waals surface area contributed by atoms with E-state index in [1.165, 1.54) is 13.2 Å². The third-order valence-electron chi connectivity index (χ3n) is 6.42. The first-order chi connectivity index (χ1) is 18.1. The molecule has 2 amide bonds. The number of amidine groups is 1. The number of rotatable bonds is 2. The minimum absolute atomic E-state index is 0.0683. The number of hydrogen-bond acceptors (Lipinski definition) is 5. The molecule has 0 radical (unpaired) electrons. The van der Waals surface area contributed by atoms with Crippen molar-refractivity contribution in [1.82, 2.24) is 9.80 Å². The van der Waals surface area contributed by atoms with Gasteiger partial charge in [0, 0.05) is 36.4 Å². The van der Waals surface area contributed by atoms with Crippen LogP contribution in [0.2, 0.25) is 5.02 Å². The second kappa shape index (κ2) is 10.1. The van der Waals surface area contributed by atoms with Crippen molar-refractivity contribution in [2.24, 2.45) is 4.99 Å². The molecule has 1 unspecified atom stereocenters. The van der Waals surface area contributed by atoms with E-state index in [1.807, 2.05) is 11.8 Å². The lowest BCUT2D eigenvalue weighted by Crippen LogP contribution is -2.56. The molecule has 3 aromatic rings. The van der Waals surface area contributed by atoms with Crippen LogP contribution in [0, 0.1) is 0 Å². The van der Waals surface area contributed by atoms with Crippen LogP contribution in [-0.2, 0) is 6.18 Å². The predicted octanol–water partition coefficient (Wildman–Crippen LogP) is 6.79. The van der Waals surface area contributed by atoms with Gasteiger partial charge >= 0.3 is 12.2 Å². The van der Waals surface area contributed by atoms with Gasteiger partial charge in [-0.25, -0.2) is 9.79 Å². The van der Waals surface area contributed by atoms with Crippen LogP contribution in [0.25, 0.3) is 0 Å². The van der Waals surface area contributed by atoms with Gasteiger partial charge in [0.05, 0.1) is 18.2 Å². The number of halogens is 4. The number of piperazine rings is 1. The van der Waals surface area contributed by atoms with Crippen molar-refractivity contribution in [3.63, 3.8) is 0 Å². The van der Waals surface area contributed by atoms with Crippen molar-refractivity contribution in [2.75, 3.05) is 32.1 Å². The average molecular weight is 545 g/mol. The number of anilines is 1.